The fraction of sp³-hybridized carbons (Fsp3) is 0.400. The highest BCUT2D eigenvalue weighted by Gasteiger charge is 2.26. The molecule has 0 aromatic heterocycles. The van der Waals surface area contributed by atoms with Crippen LogP contribution in [0.4, 0.5) is 39.5 Å². The molecule has 0 heterocycles. The van der Waals surface area contributed by atoms with Crippen LogP contribution in [0, 0.1) is 104 Å². The normalized spacial score (nSPS) is 21.7. The Hall–Kier alpha value is -6.87. The third-order valence-electron chi connectivity index (χ3n) is 20.0. The maximum absolute atomic E-state index is 14.5. The van der Waals surface area contributed by atoms with Crippen molar-refractivity contribution in [2.45, 2.75) is 182 Å². The second kappa shape index (κ2) is 30.3. The second-order valence-corrected chi connectivity index (χ2v) is 26.7. The van der Waals surface area contributed by atoms with Gasteiger partial charge in [-0.05, 0) is 248 Å². The Morgan fingerprint density at radius 3 is 0.921 bits per heavy atom. The molecular weight excluding hydrogens is 1130 g/mol. The van der Waals surface area contributed by atoms with Gasteiger partial charge in [-0.3, -0.25) is 0 Å². The number of rotatable bonds is 8. The zero-order chi connectivity index (χ0) is 63.6. The van der Waals surface area contributed by atoms with Crippen LogP contribution in [0.3, 0.4) is 0 Å². The molecule has 12 rings (SSSR count). The van der Waals surface area contributed by atoms with Crippen molar-refractivity contribution in [1.82, 2.24) is 0 Å². The SMILES string of the molecule is Cc1c(F)cc(-c2ccc(C3CCC(C)CC3)cc2)cc1F.Cc1c(F)cc(-c2ccc(C3CCC(C)CC3)cc2F)cc1F.Cc1ccc(-c2c(F)cc(C3CCC(C)CC3)cc2F)cc1F.Cc1ccc(-c2ccc(C3CCC(C)CC3)cc2)cc1F.[HH].[HH].[HH].[HH]. The Balaban J connectivity index is 0.000000222. The highest BCUT2D eigenvalue weighted by atomic mass is 19.2. The first-order valence-corrected chi connectivity index (χ1v) is 32.5. The van der Waals surface area contributed by atoms with Gasteiger partial charge in [0.2, 0.25) is 0 Å². The molecule has 0 aliphatic heterocycles. The van der Waals surface area contributed by atoms with Crippen molar-refractivity contribution in [2.24, 2.45) is 23.7 Å². The van der Waals surface area contributed by atoms with Crippen molar-refractivity contribution in [3.63, 3.8) is 0 Å². The molecule has 0 saturated heterocycles. The molecule has 0 N–H and O–H groups in total. The second-order valence-electron chi connectivity index (χ2n) is 26.7. The third-order valence-corrected chi connectivity index (χ3v) is 20.0. The van der Waals surface area contributed by atoms with Gasteiger partial charge < -0.3 is 0 Å². The van der Waals surface area contributed by atoms with E-state index in [-0.39, 0.29) is 50.8 Å². The quantitative estimate of drug-likeness (QED) is 0.133. The molecule has 4 aliphatic carbocycles. The van der Waals surface area contributed by atoms with Gasteiger partial charge in [0.05, 0.1) is 5.56 Å². The molecule has 0 atom stereocenters. The molecular formula is C80H95F9. The average molecular weight is 1230 g/mol. The molecule has 478 valence electrons. The summed E-state index contributed by atoms with van der Waals surface area (Å²) in [5.41, 5.74) is 9.83. The van der Waals surface area contributed by atoms with E-state index in [1.807, 2.05) is 30.3 Å². The summed E-state index contributed by atoms with van der Waals surface area (Å²) in [6, 6.07) is 39.8. The molecule has 0 unspecified atom stereocenters. The summed E-state index contributed by atoms with van der Waals surface area (Å²) >= 11 is 0. The fourth-order valence-electron chi connectivity index (χ4n) is 13.5. The molecule has 8 aromatic rings. The van der Waals surface area contributed by atoms with E-state index in [1.165, 1.54) is 138 Å². The molecule has 9 heteroatoms. The summed E-state index contributed by atoms with van der Waals surface area (Å²) in [6.45, 7) is 15.4. The summed E-state index contributed by atoms with van der Waals surface area (Å²) in [5.74, 6) is 0.642. The lowest BCUT2D eigenvalue weighted by molar-refractivity contribution is 0.346. The largest absolute Gasteiger partial charge is 0.207 e. The average Bonchev–Trinajstić information content (AvgIpc) is 0.919. The van der Waals surface area contributed by atoms with Gasteiger partial charge in [0.25, 0.3) is 0 Å². The van der Waals surface area contributed by atoms with Crippen molar-refractivity contribution in [3.8, 4) is 44.5 Å². The zero-order valence-corrected chi connectivity index (χ0v) is 53.1. The van der Waals surface area contributed by atoms with E-state index in [1.54, 1.807) is 38.1 Å². The summed E-state index contributed by atoms with van der Waals surface area (Å²) in [4.78, 5) is 0. The topological polar surface area (TPSA) is 0 Å². The Morgan fingerprint density at radius 2 is 0.539 bits per heavy atom. The van der Waals surface area contributed by atoms with Crippen molar-refractivity contribution in [2.75, 3.05) is 0 Å². The van der Waals surface area contributed by atoms with Gasteiger partial charge in [0, 0.05) is 22.4 Å². The van der Waals surface area contributed by atoms with Crippen LogP contribution in [-0.4, -0.2) is 0 Å². The van der Waals surface area contributed by atoms with Crippen molar-refractivity contribution >= 4 is 0 Å². The Bertz CT molecular complexity index is 3600. The molecule has 4 aliphatic rings. The number of hydrogen-bond acceptors (Lipinski definition) is 0. The van der Waals surface area contributed by atoms with Crippen molar-refractivity contribution in [3.05, 3.63) is 236 Å². The van der Waals surface area contributed by atoms with Crippen LogP contribution in [0.1, 0.15) is 204 Å². The van der Waals surface area contributed by atoms with E-state index in [2.05, 4.69) is 64.1 Å². The maximum Gasteiger partial charge on any atom is 0.134 e. The van der Waals surface area contributed by atoms with Crippen molar-refractivity contribution < 1.29 is 45.2 Å². The fourth-order valence-corrected chi connectivity index (χ4v) is 13.5. The minimum Gasteiger partial charge on any atom is -0.207 e. The molecule has 0 radical (unpaired) electrons. The number of halogens is 9. The molecule has 0 nitrogen and oxygen atoms in total. The standard InChI is InChI=1S/2C20H21F3.C20H22F2.C20H23F.4H2/c1-12-3-6-14(7-4-12)16-10-18(22)20(19(23)11-16)15-8-5-13(2)17(21)9-15;1-12-3-5-14(6-4-12)15-7-8-17(20(23)9-15)16-10-18(21)13(2)19(22)11-16;1-13-3-5-15(6-4-13)16-7-9-17(10-8-16)18-11-19(21)14(2)20(22)12-18;1-14-3-6-16(7-4-14)17-9-11-18(12-10-17)19-8-5-15(2)20(21)13-19;;;;/h5,8-12,14H,3-4,6-7H2,1-2H3;7-12,14H,3-6H2,1-2H3;7-13,15H,3-6H2,1-2H3;5,8-14,16H,3-4,6-7H2,1-2H3;4*1H. The van der Waals surface area contributed by atoms with E-state index in [0.29, 0.717) is 40.4 Å². The molecule has 4 saturated carbocycles. The Morgan fingerprint density at radius 1 is 0.247 bits per heavy atom. The van der Waals surface area contributed by atoms with Crippen LogP contribution < -0.4 is 0 Å². The lowest BCUT2D eigenvalue weighted by Gasteiger charge is -2.26. The lowest BCUT2D eigenvalue weighted by Crippen LogP contribution is -2.11. The van der Waals surface area contributed by atoms with Crippen LogP contribution in [-0.2, 0) is 0 Å². The smallest absolute Gasteiger partial charge is 0.134 e. The predicted octanol–water partition coefficient (Wildman–Crippen LogP) is 26.1. The summed E-state index contributed by atoms with van der Waals surface area (Å²) < 4.78 is 126. The minimum absolute atomic E-state index is 0. The van der Waals surface area contributed by atoms with E-state index in [4.69, 9.17) is 0 Å². The predicted molar refractivity (Wildman–Crippen MR) is 356 cm³/mol. The monoisotopic (exact) mass is 1230 g/mol. The van der Waals surface area contributed by atoms with Crippen LogP contribution >= 0.6 is 0 Å². The van der Waals surface area contributed by atoms with Crippen LogP contribution in [0.2, 0.25) is 0 Å². The summed E-state index contributed by atoms with van der Waals surface area (Å²) in [7, 11) is 0. The van der Waals surface area contributed by atoms with E-state index >= 15 is 0 Å². The molecule has 0 amide bonds. The van der Waals surface area contributed by atoms with Crippen LogP contribution in [0.15, 0.2) is 140 Å². The number of benzene rings is 8. The number of aryl methyl sites for hydroxylation is 2. The van der Waals surface area contributed by atoms with Gasteiger partial charge in [0.1, 0.15) is 52.4 Å². The van der Waals surface area contributed by atoms with Gasteiger partial charge in [-0.25, -0.2) is 39.5 Å². The van der Waals surface area contributed by atoms with Gasteiger partial charge >= 0.3 is 0 Å². The van der Waals surface area contributed by atoms with E-state index < -0.39 is 46.5 Å². The highest BCUT2D eigenvalue weighted by Crippen LogP contribution is 2.42. The van der Waals surface area contributed by atoms with Gasteiger partial charge in [-0.2, -0.15) is 0 Å². The molecule has 89 heavy (non-hydrogen) atoms. The van der Waals surface area contributed by atoms with Gasteiger partial charge in [0.15, 0.2) is 0 Å². The maximum atomic E-state index is 14.5. The van der Waals surface area contributed by atoms with Gasteiger partial charge in [-0.1, -0.05) is 164 Å². The molecule has 0 bridgehead atoms. The molecule has 8 aromatic carbocycles. The Labute approximate surface area is 529 Å². The molecule has 0 spiro atoms. The van der Waals surface area contributed by atoms with E-state index in [0.717, 1.165) is 84.1 Å². The summed E-state index contributed by atoms with van der Waals surface area (Å²) in [6.07, 6.45) is 19.0. The van der Waals surface area contributed by atoms with Crippen LogP contribution in [0.5, 0.6) is 0 Å². The molecule has 4 fully saturated rings. The number of hydrogen-bond donors (Lipinski definition) is 0. The highest BCUT2D eigenvalue weighted by molar-refractivity contribution is 5.68. The summed E-state index contributed by atoms with van der Waals surface area (Å²) in [5, 5.41) is 0. The zero-order valence-electron chi connectivity index (χ0n) is 53.1. The lowest BCUT2D eigenvalue weighted by atomic mass is 9.79. The van der Waals surface area contributed by atoms with Crippen LogP contribution in [0.25, 0.3) is 44.5 Å². The van der Waals surface area contributed by atoms with E-state index in [9.17, 15) is 39.5 Å². The first kappa shape index (κ1) is 66.5. The first-order valence-electron chi connectivity index (χ1n) is 32.5. The third kappa shape index (κ3) is 17.1. The first-order chi connectivity index (χ1) is 42.6. The van der Waals surface area contributed by atoms with Crippen molar-refractivity contribution in [1.29, 1.82) is 0 Å². The van der Waals surface area contributed by atoms with Gasteiger partial charge in [-0.15, -0.1) is 0 Å². The Kier molecular flexibility index (Phi) is 22.7. The minimum atomic E-state index is -0.648.